The Morgan fingerprint density at radius 3 is 2.52 bits per heavy atom. The highest BCUT2D eigenvalue weighted by Crippen LogP contribution is 2.38. The van der Waals surface area contributed by atoms with Gasteiger partial charge >= 0.3 is 0 Å². The van der Waals surface area contributed by atoms with Crippen LogP contribution in [0.1, 0.15) is 26.7 Å². The van der Waals surface area contributed by atoms with Crippen molar-refractivity contribution in [2.45, 2.75) is 26.7 Å². The maximum Gasteiger partial charge on any atom is 0.242 e. The first-order chi connectivity index (χ1) is 11.9. The standard InChI is InChI=1S/C18H25ClN2O4/c1-12-6-5-7-20(10-12)18(23)11-21(13(2)22)15-9-16(24-3)14(19)8-17(15)25-4/h8-9,12H,5-7,10-11H2,1-4H3. The van der Waals surface area contributed by atoms with Crippen LogP contribution in [0.15, 0.2) is 12.1 Å². The average molecular weight is 369 g/mol. The first-order valence-corrected chi connectivity index (χ1v) is 8.72. The highest BCUT2D eigenvalue weighted by Gasteiger charge is 2.26. The lowest BCUT2D eigenvalue weighted by Gasteiger charge is -2.33. The molecule has 1 aliphatic heterocycles. The van der Waals surface area contributed by atoms with Crippen molar-refractivity contribution in [1.82, 2.24) is 4.90 Å². The molecule has 0 spiro atoms. The Morgan fingerprint density at radius 2 is 1.96 bits per heavy atom. The zero-order valence-corrected chi connectivity index (χ0v) is 15.9. The zero-order chi connectivity index (χ0) is 18.6. The molecule has 7 heteroatoms. The average Bonchev–Trinajstić information content (AvgIpc) is 2.59. The van der Waals surface area contributed by atoms with Gasteiger partial charge in [-0.2, -0.15) is 0 Å². The lowest BCUT2D eigenvalue weighted by atomic mass is 10.0. The third-order valence-corrected chi connectivity index (χ3v) is 4.72. The number of ether oxygens (including phenoxy) is 2. The van der Waals surface area contributed by atoms with Crippen molar-refractivity contribution in [2.24, 2.45) is 5.92 Å². The van der Waals surface area contributed by atoms with Crippen molar-refractivity contribution in [3.63, 3.8) is 0 Å². The molecule has 2 rings (SSSR count). The molecule has 1 fully saturated rings. The number of methoxy groups -OCH3 is 2. The molecule has 0 saturated carbocycles. The Hall–Kier alpha value is -1.95. The van der Waals surface area contributed by atoms with Crippen molar-refractivity contribution in [3.05, 3.63) is 17.2 Å². The van der Waals surface area contributed by atoms with Gasteiger partial charge in [0.25, 0.3) is 0 Å². The van der Waals surface area contributed by atoms with E-state index < -0.39 is 0 Å². The highest BCUT2D eigenvalue weighted by atomic mass is 35.5. The molecule has 0 bridgehead atoms. The first-order valence-electron chi connectivity index (χ1n) is 8.34. The second-order valence-corrected chi connectivity index (χ2v) is 6.76. The number of piperidine rings is 1. The van der Waals surface area contributed by atoms with Crippen molar-refractivity contribution in [3.8, 4) is 11.5 Å². The number of rotatable bonds is 5. The highest BCUT2D eigenvalue weighted by molar-refractivity contribution is 6.32. The normalized spacial score (nSPS) is 17.2. The number of hydrogen-bond donors (Lipinski definition) is 0. The molecule has 1 aromatic carbocycles. The fourth-order valence-electron chi connectivity index (χ4n) is 3.07. The van der Waals surface area contributed by atoms with Crippen LogP contribution in [0.4, 0.5) is 5.69 Å². The summed E-state index contributed by atoms with van der Waals surface area (Å²) in [6.45, 7) is 4.98. The topological polar surface area (TPSA) is 59.1 Å². The van der Waals surface area contributed by atoms with Crippen LogP contribution < -0.4 is 14.4 Å². The van der Waals surface area contributed by atoms with E-state index in [-0.39, 0.29) is 18.4 Å². The molecule has 1 atom stereocenters. The monoisotopic (exact) mass is 368 g/mol. The summed E-state index contributed by atoms with van der Waals surface area (Å²) in [5.41, 5.74) is 0.467. The van der Waals surface area contributed by atoms with E-state index in [9.17, 15) is 9.59 Å². The Morgan fingerprint density at radius 1 is 1.28 bits per heavy atom. The summed E-state index contributed by atoms with van der Waals surface area (Å²) in [4.78, 5) is 28.1. The molecule has 1 saturated heterocycles. The van der Waals surface area contributed by atoms with Gasteiger partial charge < -0.3 is 14.4 Å². The van der Waals surface area contributed by atoms with Crippen LogP contribution in [0.3, 0.4) is 0 Å². The largest absolute Gasteiger partial charge is 0.495 e. The Balaban J connectivity index is 2.29. The SMILES string of the molecule is COc1cc(N(CC(=O)N2CCCC(C)C2)C(C)=O)c(OC)cc1Cl. The molecule has 1 unspecified atom stereocenters. The van der Waals surface area contributed by atoms with Crippen molar-refractivity contribution >= 4 is 29.1 Å². The molecule has 0 N–H and O–H groups in total. The molecule has 2 amide bonds. The van der Waals surface area contributed by atoms with E-state index >= 15 is 0 Å². The zero-order valence-electron chi connectivity index (χ0n) is 15.2. The van der Waals surface area contributed by atoms with E-state index in [2.05, 4.69) is 6.92 Å². The number of amides is 2. The summed E-state index contributed by atoms with van der Waals surface area (Å²) in [6.07, 6.45) is 2.12. The number of anilines is 1. The fraction of sp³-hybridized carbons (Fsp3) is 0.556. The molecule has 0 aliphatic carbocycles. The van der Waals surface area contributed by atoms with Gasteiger partial charge in [-0.3, -0.25) is 14.5 Å². The fourth-order valence-corrected chi connectivity index (χ4v) is 3.30. The minimum absolute atomic E-state index is 0.0385. The maximum absolute atomic E-state index is 12.7. The lowest BCUT2D eigenvalue weighted by molar-refractivity contribution is -0.132. The van der Waals surface area contributed by atoms with E-state index in [1.54, 1.807) is 12.1 Å². The molecule has 6 nitrogen and oxygen atoms in total. The van der Waals surface area contributed by atoms with Gasteiger partial charge in [0.2, 0.25) is 11.8 Å². The number of halogens is 1. The molecule has 1 aliphatic rings. The van der Waals surface area contributed by atoms with Crippen molar-refractivity contribution in [1.29, 1.82) is 0 Å². The van der Waals surface area contributed by atoms with Crippen LogP contribution in [0.5, 0.6) is 11.5 Å². The van der Waals surface area contributed by atoms with Gasteiger partial charge in [0.15, 0.2) is 0 Å². The smallest absolute Gasteiger partial charge is 0.242 e. The van der Waals surface area contributed by atoms with Crippen molar-refractivity contribution in [2.75, 3.05) is 38.8 Å². The summed E-state index contributed by atoms with van der Waals surface area (Å²) in [6, 6.07) is 3.20. The molecule has 138 valence electrons. The van der Waals surface area contributed by atoms with Crippen LogP contribution in [0.25, 0.3) is 0 Å². The number of likely N-dealkylation sites (tertiary alicyclic amines) is 1. The van der Waals surface area contributed by atoms with Crippen molar-refractivity contribution < 1.29 is 19.1 Å². The molecule has 1 heterocycles. The van der Waals surface area contributed by atoms with Gasteiger partial charge in [-0.05, 0) is 18.8 Å². The predicted octanol–water partition coefficient (Wildman–Crippen LogP) is 2.97. The molecule has 1 aromatic rings. The number of carbonyl (C=O) groups is 2. The van der Waals surface area contributed by atoms with Gasteiger partial charge in [0.05, 0.1) is 24.9 Å². The Bertz CT molecular complexity index is 650. The van der Waals surface area contributed by atoms with Gasteiger partial charge in [-0.15, -0.1) is 0 Å². The maximum atomic E-state index is 12.7. The van der Waals surface area contributed by atoms with E-state index in [4.69, 9.17) is 21.1 Å². The first kappa shape index (κ1) is 19.4. The van der Waals surface area contributed by atoms with E-state index in [0.29, 0.717) is 28.1 Å². The third-order valence-electron chi connectivity index (χ3n) is 4.43. The lowest BCUT2D eigenvalue weighted by Crippen LogP contribution is -2.46. The van der Waals surface area contributed by atoms with Crippen LogP contribution >= 0.6 is 11.6 Å². The van der Waals surface area contributed by atoms with Crippen LogP contribution in [0.2, 0.25) is 5.02 Å². The molecule has 0 radical (unpaired) electrons. The summed E-state index contributed by atoms with van der Waals surface area (Å²) < 4.78 is 10.6. The number of hydrogen-bond acceptors (Lipinski definition) is 4. The number of benzene rings is 1. The Kier molecular flexibility index (Phi) is 6.53. The van der Waals surface area contributed by atoms with Gasteiger partial charge in [0, 0.05) is 32.1 Å². The number of carbonyl (C=O) groups excluding carboxylic acids is 2. The summed E-state index contributed by atoms with van der Waals surface area (Å²) in [5, 5.41) is 0.378. The summed E-state index contributed by atoms with van der Waals surface area (Å²) in [7, 11) is 2.99. The second kappa shape index (κ2) is 8.43. The predicted molar refractivity (Wildman–Crippen MR) is 97.6 cm³/mol. The molecular formula is C18H25ClN2O4. The Labute approximate surface area is 153 Å². The molecule has 0 aromatic heterocycles. The van der Waals surface area contributed by atoms with Gasteiger partial charge in [-0.25, -0.2) is 0 Å². The van der Waals surface area contributed by atoms with Crippen LogP contribution in [-0.4, -0.2) is 50.6 Å². The van der Waals surface area contributed by atoms with E-state index in [1.807, 2.05) is 4.90 Å². The number of nitrogens with zero attached hydrogens (tertiary/aromatic N) is 2. The minimum atomic E-state index is -0.249. The van der Waals surface area contributed by atoms with Gasteiger partial charge in [-0.1, -0.05) is 18.5 Å². The van der Waals surface area contributed by atoms with E-state index in [0.717, 1.165) is 25.9 Å². The molecular weight excluding hydrogens is 344 g/mol. The minimum Gasteiger partial charge on any atom is -0.495 e. The molecule has 25 heavy (non-hydrogen) atoms. The van der Waals surface area contributed by atoms with Crippen LogP contribution in [0, 0.1) is 5.92 Å². The van der Waals surface area contributed by atoms with E-state index in [1.165, 1.54) is 26.0 Å². The third kappa shape index (κ3) is 4.57. The van der Waals surface area contributed by atoms with Gasteiger partial charge in [0.1, 0.15) is 18.0 Å². The summed E-state index contributed by atoms with van der Waals surface area (Å²) >= 11 is 6.12. The quantitative estimate of drug-likeness (QED) is 0.801. The van der Waals surface area contributed by atoms with Crippen LogP contribution in [-0.2, 0) is 9.59 Å². The second-order valence-electron chi connectivity index (χ2n) is 6.35. The summed E-state index contributed by atoms with van der Waals surface area (Å²) in [5.74, 6) is 0.996.